The zero-order chi connectivity index (χ0) is 14.3. The molecule has 0 N–H and O–H groups in total. The van der Waals surface area contributed by atoms with E-state index in [1.807, 2.05) is 48.5 Å². The van der Waals surface area contributed by atoms with Crippen molar-refractivity contribution in [2.45, 2.75) is 9.65 Å². The van der Waals surface area contributed by atoms with Gasteiger partial charge in [-0.25, -0.2) is 0 Å². The summed E-state index contributed by atoms with van der Waals surface area (Å²) in [7, 11) is 0. The summed E-state index contributed by atoms with van der Waals surface area (Å²) in [4.78, 5) is 13.6. The molecule has 0 saturated carbocycles. The van der Waals surface area contributed by atoms with Crippen molar-refractivity contribution in [3.63, 3.8) is 0 Å². The van der Waals surface area contributed by atoms with E-state index in [2.05, 4.69) is 31.9 Å². The fourth-order valence-corrected chi connectivity index (χ4v) is 4.01. The minimum Gasteiger partial charge on any atom is -0.267 e. The number of amides is 1. The summed E-state index contributed by atoms with van der Waals surface area (Å²) in [6.45, 7) is 0. The number of fused-ring (bicyclic) bond motifs is 2. The third-order valence-corrected chi connectivity index (χ3v) is 6.30. The van der Waals surface area contributed by atoms with Crippen molar-refractivity contribution >= 4 is 60.2 Å². The molecule has 2 atom stereocenters. The molecular weight excluding hydrogens is 405 g/mol. The number of hydrogen-bond donors (Lipinski definition) is 0. The van der Waals surface area contributed by atoms with Crippen molar-refractivity contribution in [3.8, 4) is 0 Å². The van der Waals surface area contributed by atoms with Crippen LogP contribution in [0.25, 0.3) is 0 Å². The first-order valence-corrected chi connectivity index (χ1v) is 8.28. The van der Waals surface area contributed by atoms with Gasteiger partial charge in [0.1, 0.15) is 0 Å². The van der Waals surface area contributed by atoms with Gasteiger partial charge in [-0.3, -0.25) is 9.69 Å². The average molecular weight is 416 g/mol. The van der Waals surface area contributed by atoms with Crippen LogP contribution >= 0.6 is 43.5 Å². The zero-order valence-corrected chi connectivity index (χ0v) is 14.2. The largest absolute Gasteiger partial charge is 0.325 e. The SMILES string of the molecule is O=C(Cl)N1c2ccccc2C(Br)C(Br)c2ccccc21. The average Bonchev–Trinajstić information content (AvgIpc) is 2.55. The quantitative estimate of drug-likeness (QED) is 0.291. The maximum absolute atomic E-state index is 12.0. The van der Waals surface area contributed by atoms with Gasteiger partial charge in [-0.2, -0.15) is 0 Å². The zero-order valence-electron chi connectivity index (χ0n) is 10.3. The van der Waals surface area contributed by atoms with Gasteiger partial charge >= 0.3 is 5.37 Å². The molecule has 0 bridgehead atoms. The third-order valence-electron chi connectivity index (χ3n) is 3.38. The van der Waals surface area contributed by atoms with E-state index in [4.69, 9.17) is 11.6 Å². The summed E-state index contributed by atoms with van der Waals surface area (Å²) in [5.74, 6) is 0. The summed E-state index contributed by atoms with van der Waals surface area (Å²) in [6, 6.07) is 15.5. The first-order valence-electron chi connectivity index (χ1n) is 6.07. The Morgan fingerprint density at radius 1 is 0.900 bits per heavy atom. The normalized spacial score (nSPS) is 20.9. The van der Waals surface area contributed by atoms with E-state index >= 15 is 0 Å². The molecule has 2 unspecified atom stereocenters. The lowest BCUT2D eigenvalue weighted by Gasteiger charge is -2.22. The van der Waals surface area contributed by atoms with Crippen molar-refractivity contribution in [1.29, 1.82) is 0 Å². The molecule has 2 aromatic carbocycles. The van der Waals surface area contributed by atoms with Crippen LogP contribution in [0.2, 0.25) is 0 Å². The van der Waals surface area contributed by atoms with Crippen LogP contribution in [0.5, 0.6) is 0 Å². The molecule has 2 nitrogen and oxygen atoms in total. The highest BCUT2D eigenvalue weighted by atomic mass is 79.9. The van der Waals surface area contributed by atoms with Crippen molar-refractivity contribution in [3.05, 3.63) is 59.7 Å². The number of nitrogens with zero attached hydrogens (tertiary/aromatic N) is 1. The number of anilines is 2. The van der Waals surface area contributed by atoms with Crippen LogP contribution in [-0.4, -0.2) is 5.37 Å². The Bertz CT molecular complexity index is 625. The van der Waals surface area contributed by atoms with Crippen LogP contribution in [0, 0.1) is 0 Å². The Morgan fingerprint density at radius 3 is 1.70 bits per heavy atom. The molecule has 20 heavy (non-hydrogen) atoms. The molecule has 0 aromatic heterocycles. The highest BCUT2D eigenvalue weighted by molar-refractivity contribution is 9.12. The molecule has 0 radical (unpaired) electrons. The Hall–Kier alpha value is -0.840. The second-order valence-corrected chi connectivity index (χ2v) is 6.81. The molecule has 0 saturated heterocycles. The van der Waals surface area contributed by atoms with Gasteiger partial charge in [0, 0.05) is 0 Å². The van der Waals surface area contributed by atoms with Gasteiger partial charge in [-0.15, -0.1) is 0 Å². The van der Waals surface area contributed by atoms with Crippen molar-refractivity contribution in [1.82, 2.24) is 0 Å². The molecule has 3 rings (SSSR count). The number of carbonyl (C=O) groups excluding carboxylic acids is 1. The van der Waals surface area contributed by atoms with Crippen molar-refractivity contribution in [2.24, 2.45) is 0 Å². The monoisotopic (exact) mass is 413 g/mol. The molecule has 1 aliphatic rings. The summed E-state index contributed by atoms with van der Waals surface area (Å²) >= 11 is 13.3. The van der Waals surface area contributed by atoms with E-state index in [0.29, 0.717) is 0 Å². The van der Waals surface area contributed by atoms with Gasteiger partial charge in [0.05, 0.1) is 21.0 Å². The van der Waals surface area contributed by atoms with E-state index < -0.39 is 5.37 Å². The van der Waals surface area contributed by atoms with Crippen LogP contribution in [0.15, 0.2) is 48.5 Å². The van der Waals surface area contributed by atoms with Crippen LogP contribution in [0.4, 0.5) is 16.2 Å². The number of halogens is 3. The van der Waals surface area contributed by atoms with Crippen LogP contribution in [0.1, 0.15) is 20.8 Å². The first-order chi connectivity index (χ1) is 9.61. The Morgan fingerprint density at radius 2 is 1.30 bits per heavy atom. The Balaban J connectivity index is 2.33. The van der Waals surface area contributed by atoms with Gasteiger partial charge in [0.2, 0.25) is 0 Å². The number of carbonyl (C=O) groups is 1. The molecular formula is C15H10Br2ClNO. The second kappa shape index (κ2) is 5.51. The molecule has 102 valence electrons. The molecule has 0 fully saturated rings. The molecule has 2 aromatic rings. The second-order valence-electron chi connectivity index (χ2n) is 4.51. The van der Waals surface area contributed by atoms with Gasteiger partial charge in [-0.1, -0.05) is 68.3 Å². The lowest BCUT2D eigenvalue weighted by molar-refractivity contribution is 0.266. The highest BCUT2D eigenvalue weighted by Gasteiger charge is 2.33. The summed E-state index contributed by atoms with van der Waals surface area (Å²) in [5.41, 5.74) is 3.67. The van der Waals surface area contributed by atoms with E-state index in [1.54, 1.807) is 4.90 Å². The number of benzene rings is 2. The van der Waals surface area contributed by atoms with Gasteiger partial charge in [0.15, 0.2) is 0 Å². The lowest BCUT2D eigenvalue weighted by atomic mass is 10.0. The number of rotatable bonds is 0. The van der Waals surface area contributed by atoms with Crippen molar-refractivity contribution < 1.29 is 4.79 Å². The van der Waals surface area contributed by atoms with Crippen LogP contribution < -0.4 is 4.90 Å². The summed E-state index contributed by atoms with van der Waals surface area (Å²) in [5, 5.41) is -0.508. The fourth-order valence-electron chi connectivity index (χ4n) is 2.48. The molecule has 5 heteroatoms. The molecule has 0 aliphatic carbocycles. The van der Waals surface area contributed by atoms with Gasteiger partial charge in [-0.05, 0) is 34.9 Å². The molecule has 0 spiro atoms. The fraction of sp³-hybridized carbons (Fsp3) is 0.133. The molecule has 1 aliphatic heterocycles. The predicted molar refractivity (Wildman–Crippen MR) is 89.6 cm³/mol. The van der Waals surface area contributed by atoms with Gasteiger partial charge in [0.25, 0.3) is 0 Å². The van der Waals surface area contributed by atoms with Crippen LogP contribution in [-0.2, 0) is 0 Å². The highest BCUT2D eigenvalue weighted by Crippen LogP contribution is 2.52. The summed E-state index contributed by atoms with van der Waals surface area (Å²) < 4.78 is 0. The molecule has 1 amide bonds. The number of hydrogen-bond acceptors (Lipinski definition) is 1. The van der Waals surface area contributed by atoms with Crippen molar-refractivity contribution in [2.75, 3.05) is 4.90 Å². The first kappa shape index (κ1) is 14.1. The Labute approximate surface area is 139 Å². The maximum atomic E-state index is 12.0. The topological polar surface area (TPSA) is 20.3 Å². The van der Waals surface area contributed by atoms with Crippen LogP contribution in [0.3, 0.4) is 0 Å². The summed E-state index contributed by atoms with van der Waals surface area (Å²) in [6.07, 6.45) is 0. The lowest BCUT2D eigenvalue weighted by Crippen LogP contribution is -2.20. The number of alkyl halides is 2. The molecule has 1 heterocycles. The van der Waals surface area contributed by atoms with E-state index in [0.717, 1.165) is 22.5 Å². The maximum Gasteiger partial charge on any atom is 0.325 e. The third kappa shape index (κ3) is 2.20. The van der Waals surface area contributed by atoms with E-state index in [1.165, 1.54) is 0 Å². The smallest absolute Gasteiger partial charge is 0.267 e. The minimum absolute atomic E-state index is 0.0564. The standard InChI is InChI=1S/C15H10Br2ClNO/c16-13-9-5-1-3-7-11(9)19(15(18)20)12-8-4-2-6-10(12)14(13)17/h1-8,13-14H. The predicted octanol–water partition coefficient (Wildman–Crippen LogP) is 6.07. The van der Waals surface area contributed by atoms with E-state index in [-0.39, 0.29) is 9.65 Å². The minimum atomic E-state index is -0.508. The Kier molecular flexibility index (Phi) is 3.89. The number of para-hydroxylation sites is 2. The van der Waals surface area contributed by atoms with Gasteiger partial charge < -0.3 is 0 Å². The van der Waals surface area contributed by atoms with E-state index in [9.17, 15) is 4.79 Å².